The van der Waals surface area contributed by atoms with Crippen molar-refractivity contribution in [3.8, 4) is 23.0 Å². The lowest BCUT2D eigenvalue weighted by atomic mass is 10.1. The number of ketones is 1. The molecule has 0 unspecified atom stereocenters. The van der Waals surface area contributed by atoms with E-state index >= 15 is 0 Å². The van der Waals surface area contributed by atoms with Crippen molar-refractivity contribution in [3.05, 3.63) is 46.5 Å². The number of Topliss-reactive ketones (excluding diaryl/α,β-unsaturated/α-hetero) is 1. The van der Waals surface area contributed by atoms with E-state index < -0.39 is 18.4 Å². The van der Waals surface area contributed by atoms with Gasteiger partial charge in [0.05, 0.1) is 43.6 Å². The Morgan fingerprint density at radius 2 is 1.66 bits per heavy atom. The van der Waals surface area contributed by atoms with Gasteiger partial charge in [-0.25, -0.2) is 4.79 Å². The van der Waals surface area contributed by atoms with Crippen LogP contribution >= 0.6 is 11.6 Å². The Kier molecular flexibility index (Phi) is 7.73. The molecule has 7 nitrogen and oxygen atoms in total. The van der Waals surface area contributed by atoms with Gasteiger partial charge < -0.3 is 23.7 Å². The highest BCUT2D eigenvalue weighted by atomic mass is 35.5. The Morgan fingerprint density at radius 1 is 0.966 bits per heavy atom. The zero-order chi connectivity index (χ0) is 21.6. The number of hydrogen-bond donors (Lipinski definition) is 0. The number of esters is 1. The van der Waals surface area contributed by atoms with Gasteiger partial charge in [0.25, 0.3) is 0 Å². The fraction of sp³-hybridized carbons (Fsp3) is 0.333. The first-order chi connectivity index (χ1) is 13.8. The molecule has 0 aliphatic heterocycles. The molecule has 0 spiro atoms. The summed E-state index contributed by atoms with van der Waals surface area (Å²) < 4.78 is 26.3. The van der Waals surface area contributed by atoms with Gasteiger partial charge in [-0.15, -0.1) is 0 Å². The van der Waals surface area contributed by atoms with Gasteiger partial charge in [0.2, 0.25) is 5.78 Å². The summed E-state index contributed by atoms with van der Waals surface area (Å²) in [6.07, 6.45) is -0.128. The summed E-state index contributed by atoms with van der Waals surface area (Å²) >= 11 is 6.22. The van der Waals surface area contributed by atoms with E-state index in [1.165, 1.54) is 33.5 Å². The topological polar surface area (TPSA) is 80.3 Å². The fourth-order valence-electron chi connectivity index (χ4n) is 2.51. The van der Waals surface area contributed by atoms with Crippen molar-refractivity contribution in [2.75, 3.05) is 27.9 Å². The maximum atomic E-state index is 12.5. The Balaban J connectivity index is 2.15. The third-order valence-electron chi connectivity index (χ3n) is 3.86. The average Bonchev–Trinajstić information content (AvgIpc) is 2.71. The first kappa shape index (κ1) is 22.4. The predicted molar refractivity (Wildman–Crippen MR) is 108 cm³/mol. The second-order valence-electron chi connectivity index (χ2n) is 6.22. The van der Waals surface area contributed by atoms with Crippen LogP contribution in [0.2, 0.25) is 5.02 Å². The van der Waals surface area contributed by atoms with Gasteiger partial charge >= 0.3 is 5.97 Å². The maximum absolute atomic E-state index is 12.5. The third-order valence-corrected chi connectivity index (χ3v) is 4.14. The minimum atomic E-state index is -0.720. The molecule has 0 heterocycles. The van der Waals surface area contributed by atoms with E-state index in [9.17, 15) is 9.59 Å². The number of methoxy groups -OCH3 is 3. The summed E-state index contributed by atoms with van der Waals surface area (Å²) in [5.74, 6) is 0.352. The maximum Gasteiger partial charge on any atom is 0.338 e. The van der Waals surface area contributed by atoms with E-state index in [2.05, 4.69) is 0 Å². The van der Waals surface area contributed by atoms with Crippen LogP contribution in [0.15, 0.2) is 30.3 Å². The van der Waals surface area contributed by atoms with Crippen molar-refractivity contribution in [3.63, 3.8) is 0 Å². The molecule has 0 saturated heterocycles. The Hall–Kier alpha value is -2.93. The van der Waals surface area contributed by atoms with Crippen LogP contribution in [0.1, 0.15) is 34.6 Å². The molecule has 0 aliphatic rings. The van der Waals surface area contributed by atoms with Crippen LogP contribution in [0.5, 0.6) is 23.0 Å². The van der Waals surface area contributed by atoms with Gasteiger partial charge in [-0.3, -0.25) is 4.79 Å². The molecule has 2 aromatic carbocycles. The number of rotatable bonds is 9. The normalized spacial score (nSPS) is 10.4. The van der Waals surface area contributed by atoms with E-state index in [1.807, 2.05) is 13.8 Å². The molecule has 0 saturated carbocycles. The molecular formula is C21H23ClO7. The van der Waals surface area contributed by atoms with E-state index in [4.69, 9.17) is 35.3 Å². The van der Waals surface area contributed by atoms with Crippen molar-refractivity contribution in [2.24, 2.45) is 0 Å². The van der Waals surface area contributed by atoms with Crippen LogP contribution < -0.4 is 18.9 Å². The second-order valence-corrected chi connectivity index (χ2v) is 6.63. The lowest BCUT2D eigenvalue weighted by Crippen LogP contribution is -2.15. The molecule has 0 atom stereocenters. The highest BCUT2D eigenvalue weighted by molar-refractivity contribution is 6.32. The zero-order valence-electron chi connectivity index (χ0n) is 16.9. The number of halogens is 1. The molecule has 2 rings (SSSR count). The van der Waals surface area contributed by atoms with Crippen LogP contribution in [0, 0.1) is 0 Å². The number of benzene rings is 2. The first-order valence-electron chi connectivity index (χ1n) is 8.77. The second kappa shape index (κ2) is 10.0. The summed E-state index contributed by atoms with van der Waals surface area (Å²) in [5, 5.41) is 0.202. The Morgan fingerprint density at radius 3 is 2.24 bits per heavy atom. The number of carbonyl (C=O) groups excluding carboxylic acids is 2. The van der Waals surface area contributed by atoms with Crippen molar-refractivity contribution < 1.29 is 33.3 Å². The zero-order valence-corrected chi connectivity index (χ0v) is 17.7. The molecule has 2 aromatic rings. The fourth-order valence-corrected chi connectivity index (χ4v) is 2.76. The predicted octanol–water partition coefficient (Wildman–Crippen LogP) is 4.19. The Bertz CT molecular complexity index is 893. The summed E-state index contributed by atoms with van der Waals surface area (Å²) in [4.78, 5) is 24.9. The first-order valence-corrected chi connectivity index (χ1v) is 9.15. The van der Waals surface area contributed by atoms with Crippen molar-refractivity contribution in [1.29, 1.82) is 0 Å². The van der Waals surface area contributed by atoms with Crippen LogP contribution in [0.4, 0.5) is 0 Å². The standard InChI is InChI=1S/C21H23ClO7/c1-12(2)29-20-16(22)8-13(9-19(20)27-5)21(24)28-11-17(23)15-7-6-14(25-3)10-18(15)26-4/h6-10,12H,11H2,1-5H3. The lowest BCUT2D eigenvalue weighted by Gasteiger charge is -2.16. The van der Waals surface area contributed by atoms with Crippen molar-refractivity contribution in [2.45, 2.75) is 20.0 Å². The summed E-state index contributed by atoms with van der Waals surface area (Å²) in [6, 6.07) is 7.60. The Labute approximate surface area is 174 Å². The lowest BCUT2D eigenvalue weighted by molar-refractivity contribution is 0.0473. The molecule has 0 amide bonds. The van der Waals surface area contributed by atoms with Gasteiger partial charge in [0.15, 0.2) is 18.1 Å². The minimum Gasteiger partial charge on any atom is -0.497 e. The molecular weight excluding hydrogens is 400 g/mol. The highest BCUT2D eigenvalue weighted by Crippen LogP contribution is 2.37. The van der Waals surface area contributed by atoms with Crippen LogP contribution in [0.3, 0.4) is 0 Å². The third kappa shape index (κ3) is 5.54. The molecule has 156 valence electrons. The monoisotopic (exact) mass is 422 g/mol. The summed E-state index contributed by atoms with van der Waals surface area (Å²) in [6.45, 7) is 3.22. The molecule has 0 N–H and O–H groups in total. The van der Waals surface area contributed by atoms with Crippen LogP contribution in [-0.2, 0) is 4.74 Å². The number of ether oxygens (including phenoxy) is 5. The van der Waals surface area contributed by atoms with E-state index in [-0.39, 0.29) is 22.3 Å². The molecule has 0 bridgehead atoms. The van der Waals surface area contributed by atoms with E-state index in [0.29, 0.717) is 23.0 Å². The molecule has 0 aromatic heterocycles. The van der Waals surface area contributed by atoms with Gasteiger partial charge in [-0.05, 0) is 38.1 Å². The van der Waals surface area contributed by atoms with Gasteiger partial charge in [0.1, 0.15) is 11.5 Å². The van der Waals surface area contributed by atoms with E-state index in [1.54, 1.807) is 18.2 Å². The van der Waals surface area contributed by atoms with E-state index in [0.717, 1.165) is 0 Å². The van der Waals surface area contributed by atoms with Crippen molar-refractivity contribution in [1.82, 2.24) is 0 Å². The van der Waals surface area contributed by atoms with Gasteiger partial charge in [0, 0.05) is 6.07 Å². The molecule has 0 aliphatic carbocycles. The average molecular weight is 423 g/mol. The minimum absolute atomic E-state index is 0.128. The smallest absolute Gasteiger partial charge is 0.338 e. The summed E-state index contributed by atoms with van der Waals surface area (Å²) in [5.41, 5.74) is 0.412. The molecule has 8 heteroatoms. The molecule has 0 fully saturated rings. The number of carbonyl (C=O) groups is 2. The van der Waals surface area contributed by atoms with Crippen LogP contribution in [0.25, 0.3) is 0 Å². The van der Waals surface area contributed by atoms with Crippen molar-refractivity contribution >= 4 is 23.4 Å². The highest BCUT2D eigenvalue weighted by Gasteiger charge is 2.20. The number of hydrogen-bond acceptors (Lipinski definition) is 7. The quantitative estimate of drug-likeness (QED) is 0.442. The summed E-state index contributed by atoms with van der Waals surface area (Å²) in [7, 11) is 4.38. The van der Waals surface area contributed by atoms with Crippen LogP contribution in [-0.4, -0.2) is 45.8 Å². The largest absolute Gasteiger partial charge is 0.497 e. The molecule has 0 radical (unpaired) electrons. The van der Waals surface area contributed by atoms with Gasteiger partial charge in [-0.2, -0.15) is 0 Å². The molecule has 29 heavy (non-hydrogen) atoms. The SMILES string of the molecule is COc1ccc(C(=O)COC(=O)c2cc(Cl)c(OC(C)C)c(OC)c2)c(OC)c1. The van der Waals surface area contributed by atoms with Gasteiger partial charge in [-0.1, -0.05) is 11.6 Å².